The van der Waals surface area contributed by atoms with Crippen LogP contribution in [0.4, 0.5) is 0 Å². The molecule has 0 unspecified atom stereocenters. The number of quaternary nitrogens is 1. The van der Waals surface area contributed by atoms with Gasteiger partial charge in [0.25, 0.3) is 0 Å². The molecule has 0 saturated carbocycles. The molecule has 0 N–H and O–H groups in total. The van der Waals surface area contributed by atoms with Gasteiger partial charge in [-0.25, -0.2) is 0 Å². The summed E-state index contributed by atoms with van der Waals surface area (Å²) >= 11 is 0. The monoisotopic (exact) mass is 262 g/mol. The number of rotatable bonds is 11. The van der Waals surface area contributed by atoms with Gasteiger partial charge in [-0.05, 0) is 12.8 Å². The van der Waals surface area contributed by atoms with Gasteiger partial charge in [-0.15, -0.1) is 0 Å². The van der Waals surface area contributed by atoms with E-state index in [4.69, 9.17) is 0 Å². The molecule has 0 aliphatic rings. The van der Waals surface area contributed by atoms with Crippen molar-refractivity contribution in [1.82, 2.24) is 0 Å². The standard InChI is InChI=1S/C15H34N.H2S/c1-5-6-7-8-9-10-11-12-13-14-15-16(2,3)4;/h5-15H2,1-4H3;1H2/q+1;. The zero-order valence-corrected chi connectivity index (χ0v) is 13.7. The van der Waals surface area contributed by atoms with Crippen LogP contribution in [0.3, 0.4) is 0 Å². The highest BCUT2D eigenvalue weighted by Crippen LogP contribution is 2.10. The molecule has 17 heavy (non-hydrogen) atoms. The van der Waals surface area contributed by atoms with E-state index in [1.54, 1.807) is 0 Å². The highest BCUT2D eigenvalue weighted by molar-refractivity contribution is 7.59. The third-order valence-corrected chi connectivity index (χ3v) is 3.18. The van der Waals surface area contributed by atoms with Gasteiger partial charge in [-0.3, -0.25) is 0 Å². The van der Waals surface area contributed by atoms with Gasteiger partial charge in [0.15, 0.2) is 0 Å². The Labute approximate surface area is 117 Å². The van der Waals surface area contributed by atoms with Crippen molar-refractivity contribution in [3.8, 4) is 0 Å². The van der Waals surface area contributed by atoms with Crippen LogP contribution in [0, 0.1) is 0 Å². The maximum Gasteiger partial charge on any atom is 0.0780 e. The molecule has 0 fully saturated rings. The zero-order chi connectivity index (χ0) is 12.3. The van der Waals surface area contributed by atoms with Crippen molar-refractivity contribution in [2.24, 2.45) is 0 Å². The van der Waals surface area contributed by atoms with E-state index in [9.17, 15) is 0 Å². The van der Waals surface area contributed by atoms with Gasteiger partial charge < -0.3 is 4.48 Å². The Morgan fingerprint density at radius 3 is 1.29 bits per heavy atom. The van der Waals surface area contributed by atoms with E-state index in [1.165, 1.54) is 70.8 Å². The fraction of sp³-hybridized carbons (Fsp3) is 1.00. The van der Waals surface area contributed by atoms with Gasteiger partial charge in [0, 0.05) is 0 Å². The molecule has 0 amide bonds. The minimum Gasteiger partial charge on any atom is -0.331 e. The first-order chi connectivity index (χ1) is 7.56. The average molecular weight is 263 g/mol. The molecule has 0 radical (unpaired) electrons. The Bertz CT molecular complexity index is 140. The van der Waals surface area contributed by atoms with Crippen molar-refractivity contribution in [2.45, 2.75) is 71.1 Å². The second-order valence-electron chi connectivity index (χ2n) is 6.20. The fourth-order valence-corrected chi connectivity index (χ4v) is 2.07. The molecule has 0 heterocycles. The first kappa shape index (κ1) is 19.6. The highest BCUT2D eigenvalue weighted by Gasteiger charge is 2.04. The van der Waals surface area contributed by atoms with Crippen molar-refractivity contribution in [2.75, 3.05) is 27.7 Å². The molecule has 106 valence electrons. The SMILES string of the molecule is CCCCCCCCCCCC[N+](C)(C)C.S. The van der Waals surface area contributed by atoms with Gasteiger partial charge in [0.05, 0.1) is 27.7 Å². The lowest BCUT2D eigenvalue weighted by atomic mass is 10.1. The van der Waals surface area contributed by atoms with Gasteiger partial charge in [0.2, 0.25) is 0 Å². The topological polar surface area (TPSA) is 0 Å². The molecule has 0 aromatic carbocycles. The third-order valence-electron chi connectivity index (χ3n) is 3.18. The molecule has 0 rings (SSSR count). The Morgan fingerprint density at radius 1 is 0.588 bits per heavy atom. The maximum absolute atomic E-state index is 2.29. The summed E-state index contributed by atoms with van der Waals surface area (Å²) in [5, 5.41) is 0. The van der Waals surface area contributed by atoms with Crippen LogP contribution in [-0.2, 0) is 0 Å². The Kier molecular flexibility index (Phi) is 14.7. The molecular formula is C15H36NS+. The minimum absolute atomic E-state index is 0. The normalized spacial score (nSPS) is 11.3. The predicted octanol–water partition coefficient (Wildman–Crippen LogP) is 4.73. The number of unbranched alkanes of at least 4 members (excludes halogenated alkanes) is 9. The van der Waals surface area contributed by atoms with Crippen LogP contribution in [0.15, 0.2) is 0 Å². The van der Waals surface area contributed by atoms with E-state index in [0.29, 0.717) is 0 Å². The molecule has 0 aromatic heterocycles. The molecule has 0 atom stereocenters. The molecule has 1 nitrogen and oxygen atoms in total. The summed E-state index contributed by atoms with van der Waals surface area (Å²) in [6, 6.07) is 0. The molecule has 0 aliphatic heterocycles. The largest absolute Gasteiger partial charge is 0.331 e. The van der Waals surface area contributed by atoms with Crippen LogP contribution in [0.5, 0.6) is 0 Å². The van der Waals surface area contributed by atoms with Gasteiger partial charge in [0.1, 0.15) is 0 Å². The van der Waals surface area contributed by atoms with E-state index in [0.717, 1.165) is 4.48 Å². The summed E-state index contributed by atoms with van der Waals surface area (Å²) in [5.74, 6) is 0. The molecule has 2 heteroatoms. The van der Waals surface area contributed by atoms with Crippen LogP contribution in [0.1, 0.15) is 71.1 Å². The van der Waals surface area contributed by atoms with Crippen LogP contribution in [0.25, 0.3) is 0 Å². The molecule has 0 aliphatic carbocycles. The predicted molar refractivity (Wildman–Crippen MR) is 85.1 cm³/mol. The lowest BCUT2D eigenvalue weighted by Gasteiger charge is -2.23. The number of nitrogens with zero attached hydrogens (tertiary/aromatic N) is 1. The highest BCUT2D eigenvalue weighted by atomic mass is 32.1. The van der Waals surface area contributed by atoms with Gasteiger partial charge in [-0.2, -0.15) is 13.5 Å². The Balaban J connectivity index is 0. The van der Waals surface area contributed by atoms with E-state index < -0.39 is 0 Å². The first-order valence-corrected chi connectivity index (χ1v) is 7.36. The fourth-order valence-electron chi connectivity index (χ4n) is 2.07. The molecule has 0 aromatic rings. The summed E-state index contributed by atoms with van der Waals surface area (Å²) in [6.45, 7) is 3.62. The maximum atomic E-state index is 2.29. The average Bonchev–Trinajstić information content (AvgIpc) is 2.19. The van der Waals surface area contributed by atoms with Crippen LogP contribution >= 0.6 is 13.5 Å². The van der Waals surface area contributed by atoms with Crippen LogP contribution < -0.4 is 0 Å². The minimum atomic E-state index is 0. The molecule has 0 spiro atoms. The van der Waals surface area contributed by atoms with Crippen molar-refractivity contribution in [3.63, 3.8) is 0 Å². The van der Waals surface area contributed by atoms with Crippen LogP contribution in [0.2, 0.25) is 0 Å². The van der Waals surface area contributed by atoms with E-state index >= 15 is 0 Å². The summed E-state index contributed by atoms with van der Waals surface area (Å²) in [5.41, 5.74) is 0. The first-order valence-electron chi connectivity index (χ1n) is 7.36. The summed E-state index contributed by atoms with van der Waals surface area (Å²) in [6.07, 6.45) is 14.4. The Morgan fingerprint density at radius 2 is 0.941 bits per heavy atom. The molecule has 0 saturated heterocycles. The summed E-state index contributed by atoms with van der Waals surface area (Å²) < 4.78 is 1.12. The van der Waals surface area contributed by atoms with Gasteiger partial charge in [-0.1, -0.05) is 58.3 Å². The lowest BCUT2D eigenvalue weighted by Crippen LogP contribution is -2.35. The van der Waals surface area contributed by atoms with Crippen molar-refractivity contribution in [3.05, 3.63) is 0 Å². The van der Waals surface area contributed by atoms with Crippen molar-refractivity contribution >= 4 is 13.5 Å². The summed E-state index contributed by atoms with van der Waals surface area (Å²) in [4.78, 5) is 0. The van der Waals surface area contributed by atoms with E-state index in [-0.39, 0.29) is 13.5 Å². The van der Waals surface area contributed by atoms with Gasteiger partial charge >= 0.3 is 0 Å². The summed E-state index contributed by atoms with van der Waals surface area (Å²) in [7, 11) is 6.86. The number of hydrogen-bond acceptors (Lipinski definition) is 0. The second kappa shape index (κ2) is 12.8. The smallest absolute Gasteiger partial charge is 0.0780 e. The van der Waals surface area contributed by atoms with Crippen molar-refractivity contribution in [1.29, 1.82) is 0 Å². The zero-order valence-electron chi connectivity index (χ0n) is 12.7. The lowest BCUT2D eigenvalue weighted by molar-refractivity contribution is -0.870. The second-order valence-corrected chi connectivity index (χ2v) is 6.20. The van der Waals surface area contributed by atoms with Crippen LogP contribution in [-0.4, -0.2) is 32.2 Å². The quantitative estimate of drug-likeness (QED) is 0.373. The molecule has 0 bridgehead atoms. The number of hydrogen-bond donors (Lipinski definition) is 0. The molecular weight excluding hydrogens is 226 g/mol. The third kappa shape index (κ3) is 18.9. The van der Waals surface area contributed by atoms with Crippen molar-refractivity contribution < 1.29 is 4.48 Å². The van der Waals surface area contributed by atoms with E-state index in [2.05, 4.69) is 28.1 Å². The Hall–Kier alpha value is 0.310. The van der Waals surface area contributed by atoms with E-state index in [1.807, 2.05) is 0 Å².